The SMILES string of the molecule is CN(C)c1ccc(CNC(=O)c2ccnc(-c3ccc(Oc4ccc(F)cc4)cc3)c2)cc1. The molecule has 4 rings (SSSR count). The summed E-state index contributed by atoms with van der Waals surface area (Å²) in [4.78, 5) is 19.1. The van der Waals surface area contributed by atoms with Gasteiger partial charge in [-0.1, -0.05) is 12.1 Å². The Balaban J connectivity index is 1.40. The highest BCUT2D eigenvalue weighted by molar-refractivity contribution is 5.95. The van der Waals surface area contributed by atoms with E-state index in [2.05, 4.69) is 10.3 Å². The van der Waals surface area contributed by atoms with Gasteiger partial charge in [-0.3, -0.25) is 9.78 Å². The third-order valence-electron chi connectivity index (χ3n) is 5.13. The number of nitrogens with one attached hydrogen (secondary N) is 1. The van der Waals surface area contributed by atoms with Crippen molar-refractivity contribution in [2.24, 2.45) is 0 Å². The maximum Gasteiger partial charge on any atom is 0.251 e. The zero-order valence-corrected chi connectivity index (χ0v) is 18.5. The van der Waals surface area contributed by atoms with Crippen molar-refractivity contribution in [1.29, 1.82) is 0 Å². The van der Waals surface area contributed by atoms with Crippen molar-refractivity contribution in [3.05, 3.63) is 108 Å². The van der Waals surface area contributed by atoms with Gasteiger partial charge in [0, 0.05) is 43.7 Å². The van der Waals surface area contributed by atoms with E-state index in [9.17, 15) is 9.18 Å². The minimum absolute atomic E-state index is 0.161. The molecule has 0 saturated heterocycles. The molecule has 0 unspecified atom stereocenters. The van der Waals surface area contributed by atoms with Crippen molar-refractivity contribution in [3.8, 4) is 22.8 Å². The van der Waals surface area contributed by atoms with Crippen LogP contribution < -0.4 is 15.0 Å². The Bertz CT molecular complexity index is 1220. The Morgan fingerprint density at radius 2 is 1.55 bits per heavy atom. The summed E-state index contributed by atoms with van der Waals surface area (Å²) >= 11 is 0. The first-order valence-electron chi connectivity index (χ1n) is 10.5. The predicted molar refractivity (Wildman–Crippen MR) is 128 cm³/mol. The highest BCUT2D eigenvalue weighted by Crippen LogP contribution is 2.25. The van der Waals surface area contributed by atoms with Crippen LogP contribution in [0.3, 0.4) is 0 Å². The van der Waals surface area contributed by atoms with E-state index in [4.69, 9.17) is 4.74 Å². The van der Waals surface area contributed by atoms with E-state index in [-0.39, 0.29) is 11.7 Å². The van der Waals surface area contributed by atoms with Gasteiger partial charge in [0.2, 0.25) is 0 Å². The number of ether oxygens (including phenoxy) is 1. The first kappa shape index (κ1) is 22.0. The lowest BCUT2D eigenvalue weighted by molar-refractivity contribution is 0.0951. The Labute approximate surface area is 192 Å². The summed E-state index contributed by atoms with van der Waals surface area (Å²) < 4.78 is 18.8. The lowest BCUT2D eigenvalue weighted by Gasteiger charge is -2.13. The van der Waals surface area contributed by atoms with Crippen LogP contribution in [0.1, 0.15) is 15.9 Å². The van der Waals surface area contributed by atoms with Crippen molar-refractivity contribution in [2.45, 2.75) is 6.54 Å². The molecule has 5 nitrogen and oxygen atoms in total. The second-order valence-electron chi connectivity index (χ2n) is 7.75. The van der Waals surface area contributed by atoms with Gasteiger partial charge >= 0.3 is 0 Å². The lowest BCUT2D eigenvalue weighted by atomic mass is 10.1. The number of carbonyl (C=O) groups excluding carboxylic acids is 1. The van der Waals surface area contributed by atoms with Crippen molar-refractivity contribution in [1.82, 2.24) is 10.3 Å². The highest BCUT2D eigenvalue weighted by Gasteiger charge is 2.09. The normalized spacial score (nSPS) is 10.5. The minimum atomic E-state index is -0.310. The molecular formula is C27H24FN3O2. The number of rotatable bonds is 7. The fourth-order valence-electron chi connectivity index (χ4n) is 3.26. The first-order chi connectivity index (χ1) is 16.0. The number of hydrogen-bond acceptors (Lipinski definition) is 4. The summed E-state index contributed by atoms with van der Waals surface area (Å²) in [5.74, 6) is 0.707. The fraction of sp³-hybridized carbons (Fsp3) is 0.111. The molecule has 0 aliphatic heterocycles. The maximum atomic E-state index is 13.0. The van der Waals surface area contributed by atoms with Crippen LogP contribution in [0.5, 0.6) is 11.5 Å². The van der Waals surface area contributed by atoms with E-state index in [1.165, 1.54) is 12.1 Å². The van der Waals surface area contributed by atoms with Crippen molar-refractivity contribution >= 4 is 11.6 Å². The lowest BCUT2D eigenvalue weighted by Crippen LogP contribution is -2.22. The molecular weight excluding hydrogens is 417 g/mol. The quantitative estimate of drug-likeness (QED) is 0.401. The van der Waals surface area contributed by atoms with Gasteiger partial charge in [-0.05, 0) is 78.4 Å². The largest absolute Gasteiger partial charge is 0.457 e. The van der Waals surface area contributed by atoms with Crippen molar-refractivity contribution < 1.29 is 13.9 Å². The average Bonchev–Trinajstić information content (AvgIpc) is 2.85. The zero-order chi connectivity index (χ0) is 23.2. The average molecular weight is 442 g/mol. The molecule has 4 aromatic rings. The molecule has 1 amide bonds. The van der Waals surface area contributed by atoms with Crippen LogP contribution in [0.4, 0.5) is 10.1 Å². The van der Waals surface area contributed by atoms with E-state index >= 15 is 0 Å². The Kier molecular flexibility index (Phi) is 6.64. The van der Waals surface area contributed by atoms with Gasteiger partial charge in [0.05, 0.1) is 5.69 Å². The summed E-state index contributed by atoms with van der Waals surface area (Å²) in [6.07, 6.45) is 1.62. The molecule has 0 saturated carbocycles. The monoisotopic (exact) mass is 441 g/mol. The Morgan fingerprint density at radius 3 is 2.18 bits per heavy atom. The van der Waals surface area contributed by atoms with Crippen molar-refractivity contribution in [3.63, 3.8) is 0 Å². The molecule has 0 aliphatic carbocycles. The van der Waals surface area contributed by atoms with Gasteiger partial charge < -0.3 is 15.0 Å². The number of aromatic nitrogens is 1. The third kappa shape index (κ3) is 5.74. The number of amides is 1. The number of carbonyl (C=O) groups is 1. The molecule has 0 atom stereocenters. The molecule has 3 aromatic carbocycles. The predicted octanol–water partition coefficient (Wildman–Crippen LogP) is 5.68. The number of hydrogen-bond donors (Lipinski definition) is 1. The highest BCUT2D eigenvalue weighted by atomic mass is 19.1. The molecule has 1 aromatic heterocycles. The van der Waals surface area contributed by atoms with Crippen LogP contribution in [-0.2, 0) is 6.54 Å². The molecule has 0 bridgehead atoms. The summed E-state index contributed by atoms with van der Waals surface area (Å²) in [5.41, 5.74) is 4.22. The molecule has 0 fully saturated rings. The molecule has 0 radical (unpaired) electrons. The van der Waals surface area contributed by atoms with Gasteiger partial charge in [-0.25, -0.2) is 4.39 Å². The van der Waals surface area contributed by atoms with Gasteiger partial charge in [-0.2, -0.15) is 0 Å². The number of nitrogens with zero attached hydrogens (tertiary/aromatic N) is 2. The number of pyridine rings is 1. The van der Waals surface area contributed by atoms with Crippen LogP contribution in [0.25, 0.3) is 11.3 Å². The summed E-state index contributed by atoms with van der Waals surface area (Å²) in [5, 5.41) is 2.96. The van der Waals surface area contributed by atoms with Crippen LogP contribution in [0, 0.1) is 5.82 Å². The molecule has 0 spiro atoms. The summed E-state index contributed by atoms with van der Waals surface area (Å²) in [7, 11) is 3.98. The Morgan fingerprint density at radius 1 is 0.909 bits per heavy atom. The summed E-state index contributed by atoms with van der Waals surface area (Å²) in [6.45, 7) is 0.444. The van der Waals surface area contributed by atoms with E-state index in [1.54, 1.807) is 30.5 Å². The fourth-order valence-corrected chi connectivity index (χ4v) is 3.26. The zero-order valence-electron chi connectivity index (χ0n) is 18.5. The van der Waals surface area contributed by atoms with Crippen LogP contribution in [-0.4, -0.2) is 25.0 Å². The molecule has 33 heavy (non-hydrogen) atoms. The van der Waals surface area contributed by atoms with Crippen LogP contribution >= 0.6 is 0 Å². The van der Waals surface area contributed by atoms with Gasteiger partial charge in [0.15, 0.2) is 0 Å². The number of halogens is 1. The first-order valence-corrected chi connectivity index (χ1v) is 10.5. The molecule has 6 heteroatoms. The van der Waals surface area contributed by atoms with Crippen LogP contribution in [0.2, 0.25) is 0 Å². The minimum Gasteiger partial charge on any atom is -0.457 e. The van der Waals surface area contributed by atoms with Crippen molar-refractivity contribution in [2.75, 3.05) is 19.0 Å². The van der Waals surface area contributed by atoms with E-state index in [0.29, 0.717) is 29.3 Å². The summed E-state index contributed by atoms with van der Waals surface area (Å²) in [6, 6.07) is 24.7. The van der Waals surface area contributed by atoms with Crippen LogP contribution in [0.15, 0.2) is 91.1 Å². The molecule has 1 N–H and O–H groups in total. The second-order valence-corrected chi connectivity index (χ2v) is 7.75. The molecule has 166 valence electrons. The van der Waals surface area contributed by atoms with E-state index < -0.39 is 0 Å². The van der Waals surface area contributed by atoms with Gasteiger partial charge in [-0.15, -0.1) is 0 Å². The smallest absolute Gasteiger partial charge is 0.251 e. The maximum absolute atomic E-state index is 13.0. The van der Waals surface area contributed by atoms with E-state index in [1.807, 2.05) is 67.5 Å². The van der Waals surface area contributed by atoms with Gasteiger partial charge in [0.1, 0.15) is 17.3 Å². The topological polar surface area (TPSA) is 54.5 Å². The van der Waals surface area contributed by atoms with E-state index in [0.717, 1.165) is 16.8 Å². The molecule has 1 heterocycles. The molecule has 0 aliphatic rings. The standard InChI is InChI=1S/C27H24FN3O2/c1-31(2)23-9-3-19(4-10-23)18-30-27(32)21-15-16-29-26(17-21)20-5-11-24(12-6-20)33-25-13-7-22(28)8-14-25/h3-17H,18H2,1-2H3,(H,30,32). The Hall–Kier alpha value is -4.19. The van der Waals surface area contributed by atoms with Gasteiger partial charge in [0.25, 0.3) is 5.91 Å². The second kappa shape index (κ2) is 9.96. The number of anilines is 1. The number of benzene rings is 3. The third-order valence-corrected chi connectivity index (χ3v) is 5.13.